The van der Waals surface area contributed by atoms with E-state index in [4.69, 9.17) is 4.84 Å². The van der Waals surface area contributed by atoms with Gasteiger partial charge in [-0.1, -0.05) is 29.4 Å². The number of rotatable bonds is 7. The van der Waals surface area contributed by atoms with Crippen LogP contribution in [0.5, 0.6) is 0 Å². The third kappa shape index (κ3) is 4.77. The molecule has 0 spiro atoms. The van der Waals surface area contributed by atoms with Gasteiger partial charge in [-0.15, -0.1) is 0 Å². The first-order valence-electron chi connectivity index (χ1n) is 9.77. The molecular weight excluding hydrogens is 420 g/mol. The van der Waals surface area contributed by atoms with Crippen LogP contribution in [-0.2, 0) is 25.1 Å². The van der Waals surface area contributed by atoms with Gasteiger partial charge in [0.1, 0.15) is 11.7 Å². The molecule has 9 heteroatoms. The van der Waals surface area contributed by atoms with Crippen molar-refractivity contribution in [2.24, 2.45) is 5.16 Å². The molecule has 8 nitrogen and oxygen atoms in total. The van der Waals surface area contributed by atoms with E-state index < -0.39 is 32.3 Å². The van der Waals surface area contributed by atoms with Gasteiger partial charge >= 0.3 is 5.97 Å². The van der Waals surface area contributed by atoms with E-state index in [1.54, 1.807) is 20.0 Å². The van der Waals surface area contributed by atoms with Crippen molar-refractivity contribution in [3.63, 3.8) is 0 Å². The minimum atomic E-state index is -3.84. The molecule has 1 aliphatic rings. The van der Waals surface area contributed by atoms with Crippen molar-refractivity contribution in [3.8, 4) is 11.1 Å². The number of pyridine rings is 1. The molecule has 166 valence electrons. The molecule has 0 aliphatic carbocycles. The van der Waals surface area contributed by atoms with E-state index in [9.17, 15) is 23.4 Å². The standard InChI is InChI=1S/C22H26N2O6S/c1-21(2,27)19-11-16(9-10-23-19)14-5-7-15(8-6-14)18-12-17(30-24-18)13-22(3,20(25)26)31(4,28)29/h5-11,17,27H,12-13H2,1-4H3,(H,25,26). The van der Waals surface area contributed by atoms with E-state index in [1.165, 1.54) is 6.92 Å². The maximum absolute atomic E-state index is 12.0. The summed E-state index contributed by atoms with van der Waals surface area (Å²) >= 11 is 0. The van der Waals surface area contributed by atoms with Gasteiger partial charge in [0.25, 0.3) is 0 Å². The van der Waals surface area contributed by atoms with Crippen molar-refractivity contribution < 1.29 is 28.3 Å². The van der Waals surface area contributed by atoms with Crippen LogP contribution < -0.4 is 0 Å². The summed E-state index contributed by atoms with van der Waals surface area (Å²) in [6.07, 6.45) is 2.05. The fourth-order valence-electron chi connectivity index (χ4n) is 3.34. The number of sulfone groups is 1. The van der Waals surface area contributed by atoms with Crippen LogP contribution in [0.4, 0.5) is 0 Å². The number of aliphatic hydroxyl groups is 1. The smallest absolute Gasteiger partial charge is 0.324 e. The van der Waals surface area contributed by atoms with Crippen LogP contribution in [0.2, 0.25) is 0 Å². The Hall–Kier alpha value is -2.78. The number of carboxylic acids is 1. The van der Waals surface area contributed by atoms with Crippen LogP contribution in [-0.4, -0.2) is 52.4 Å². The third-order valence-corrected chi connectivity index (χ3v) is 7.54. The fraction of sp³-hybridized carbons (Fsp3) is 0.409. The molecule has 0 bridgehead atoms. The lowest BCUT2D eigenvalue weighted by Crippen LogP contribution is -2.45. The van der Waals surface area contributed by atoms with Crippen LogP contribution in [0.3, 0.4) is 0 Å². The highest BCUT2D eigenvalue weighted by atomic mass is 32.2. The molecule has 2 atom stereocenters. The second-order valence-electron chi connectivity index (χ2n) is 8.55. The predicted molar refractivity (Wildman–Crippen MR) is 116 cm³/mol. The first-order valence-corrected chi connectivity index (χ1v) is 11.7. The minimum absolute atomic E-state index is 0.191. The van der Waals surface area contributed by atoms with Gasteiger partial charge in [-0.25, -0.2) is 8.42 Å². The molecule has 1 aromatic heterocycles. The Balaban J connectivity index is 1.74. The summed E-state index contributed by atoms with van der Waals surface area (Å²) in [7, 11) is -3.84. The van der Waals surface area contributed by atoms with Gasteiger partial charge in [0.05, 0.1) is 11.4 Å². The van der Waals surface area contributed by atoms with E-state index in [0.717, 1.165) is 22.9 Å². The number of aromatic nitrogens is 1. The van der Waals surface area contributed by atoms with E-state index in [-0.39, 0.29) is 6.42 Å². The number of aliphatic carboxylic acids is 1. The molecule has 0 saturated carbocycles. The zero-order valence-corrected chi connectivity index (χ0v) is 18.7. The number of benzene rings is 1. The van der Waals surface area contributed by atoms with Crippen molar-refractivity contribution in [2.75, 3.05) is 6.26 Å². The van der Waals surface area contributed by atoms with Crippen molar-refractivity contribution in [2.45, 2.75) is 50.1 Å². The molecule has 1 aliphatic heterocycles. The molecule has 0 fully saturated rings. The Morgan fingerprint density at radius 1 is 1.13 bits per heavy atom. The number of hydrogen-bond acceptors (Lipinski definition) is 7. The second-order valence-corrected chi connectivity index (χ2v) is 11.0. The number of carboxylic acid groups (broad SMARTS) is 1. The third-order valence-electron chi connectivity index (χ3n) is 5.56. The Morgan fingerprint density at radius 2 is 1.74 bits per heavy atom. The van der Waals surface area contributed by atoms with Gasteiger partial charge < -0.3 is 15.1 Å². The lowest BCUT2D eigenvalue weighted by atomic mass is 9.95. The Kier molecular flexibility index (Phi) is 5.94. The summed E-state index contributed by atoms with van der Waals surface area (Å²) in [5.41, 5.74) is 2.80. The molecule has 2 aromatic rings. The van der Waals surface area contributed by atoms with Crippen molar-refractivity contribution >= 4 is 21.5 Å². The second kappa shape index (κ2) is 8.05. The van der Waals surface area contributed by atoms with Gasteiger partial charge in [-0.2, -0.15) is 0 Å². The quantitative estimate of drug-likeness (QED) is 0.670. The topological polar surface area (TPSA) is 126 Å². The Labute approximate surface area is 181 Å². The molecule has 0 saturated heterocycles. The largest absolute Gasteiger partial charge is 0.480 e. The number of oxime groups is 1. The average molecular weight is 447 g/mol. The Bertz CT molecular complexity index is 1120. The summed E-state index contributed by atoms with van der Waals surface area (Å²) in [6, 6.07) is 11.3. The molecule has 0 radical (unpaired) electrons. The van der Waals surface area contributed by atoms with Gasteiger partial charge in [0.15, 0.2) is 14.6 Å². The molecule has 31 heavy (non-hydrogen) atoms. The maximum atomic E-state index is 12.0. The summed E-state index contributed by atoms with van der Waals surface area (Å²) in [5, 5.41) is 23.6. The van der Waals surface area contributed by atoms with Crippen LogP contribution >= 0.6 is 0 Å². The van der Waals surface area contributed by atoms with Crippen LogP contribution in [0, 0.1) is 0 Å². The van der Waals surface area contributed by atoms with E-state index in [1.807, 2.05) is 36.4 Å². The molecule has 2 N–H and O–H groups in total. The molecule has 2 heterocycles. The summed E-state index contributed by atoms with van der Waals surface area (Å²) in [5.74, 6) is -1.40. The van der Waals surface area contributed by atoms with Crippen molar-refractivity contribution in [1.82, 2.24) is 4.98 Å². The van der Waals surface area contributed by atoms with E-state index in [0.29, 0.717) is 17.8 Å². The predicted octanol–water partition coefficient (Wildman–Crippen LogP) is 2.75. The van der Waals surface area contributed by atoms with Crippen molar-refractivity contribution in [3.05, 3.63) is 53.9 Å². The molecule has 1 aromatic carbocycles. The van der Waals surface area contributed by atoms with Gasteiger partial charge in [0.2, 0.25) is 0 Å². The molecule has 0 amide bonds. The number of hydrogen-bond donors (Lipinski definition) is 2. The normalized spacial score (nSPS) is 18.7. The SMILES string of the molecule is CC(C)(O)c1cc(-c2ccc(C3=NOC(CC(C)(C(=O)O)S(C)(=O)=O)C3)cc2)ccn1. The first kappa shape index (κ1) is 22.9. The van der Waals surface area contributed by atoms with Gasteiger partial charge in [0, 0.05) is 25.3 Å². The van der Waals surface area contributed by atoms with Crippen LogP contribution in [0.15, 0.2) is 47.8 Å². The lowest BCUT2D eigenvalue weighted by Gasteiger charge is -2.24. The minimum Gasteiger partial charge on any atom is -0.480 e. The van der Waals surface area contributed by atoms with E-state index >= 15 is 0 Å². The van der Waals surface area contributed by atoms with Crippen molar-refractivity contribution in [1.29, 1.82) is 0 Å². The highest BCUT2D eigenvalue weighted by Crippen LogP contribution is 2.30. The lowest BCUT2D eigenvalue weighted by molar-refractivity contribution is -0.140. The van der Waals surface area contributed by atoms with Crippen LogP contribution in [0.1, 0.15) is 44.9 Å². The first-order chi connectivity index (χ1) is 14.3. The maximum Gasteiger partial charge on any atom is 0.324 e. The summed E-state index contributed by atoms with van der Waals surface area (Å²) in [4.78, 5) is 21.1. The van der Waals surface area contributed by atoms with Gasteiger partial charge in [-0.05, 0) is 49.6 Å². The summed E-state index contributed by atoms with van der Waals surface area (Å²) < 4.78 is 22.1. The highest BCUT2D eigenvalue weighted by Gasteiger charge is 2.47. The molecule has 2 unspecified atom stereocenters. The Morgan fingerprint density at radius 3 is 2.29 bits per heavy atom. The number of carbonyl (C=O) groups is 1. The van der Waals surface area contributed by atoms with Gasteiger partial charge in [-0.3, -0.25) is 9.78 Å². The zero-order valence-electron chi connectivity index (χ0n) is 17.9. The highest BCUT2D eigenvalue weighted by molar-refractivity contribution is 7.92. The van der Waals surface area contributed by atoms with E-state index in [2.05, 4.69) is 10.1 Å². The zero-order chi connectivity index (χ0) is 23.0. The monoisotopic (exact) mass is 446 g/mol. The molecular formula is C22H26N2O6S. The fourth-order valence-corrected chi connectivity index (χ4v) is 4.15. The average Bonchev–Trinajstić information content (AvgIpc) is 3.15. The summed E-state index contributed by atoms with van der Waals surface area (Å²) in [6.45, 7) is 4.55. The molecule has 3 rings (SSSR count). The number of nitrogens with zero attached hydrogens (tertiary/aromatic N) is 2. The van der Waals surface area contributed by atoms with Crippen LogP contribution in [0.25, 0.3) is 11.1 Å².